The lowest BCUT2D eigenvalue weighted by Crippen LogP contribution is -2.33. The Kier molecular flexibility index (Phi) is 5.20. The van der Waals surface area contributed by atoms with Crippen molar-refractivity contribution >= 4 is 17.6 Å². The zero-order chi connectivity index (χ0) is 16.9. The predicted octanol–water partition coefficient (Wildman–Crippen LogP) is 1.58. The molecule has 0 aliphatic carbocycles. The highest BCUT2D eigenvalue weighted by Crippen LogP contribution is 2.32. The van der Waals surface area contributed by atoms with Gasteiger partial charge < -0.3 is 24.8 Å². The third-order valence-corrected chi connectivity index (χ3v) is 4.28. The van der Waals surface area contributed by atoms with E-state index in [0.717, 1.165) is 25.9 Å². The van der Waals surface area contributed by atoms with Crippen LogP contribution in [0.15, 0.2) is 18.2 Å². The van der Waals surface area contributed by atoms with E-state index in [4.69, 9.17) is 9.47 Å². The zero-order valence-corrected chi connectivity index (χ0v) is 13.5. The van der Waals surface area contributed by atoms with E-state index in [1.807, 2.05) is 0 Å². The number of fused-ring (bicyclic) bond motifs is 1. The average molecular weight is 334 g/mol. The number of aliphatic carboxylic acids is 1. The van der Waals surface area contributed by atoms with Crippen LogP contribution in [-0.4, -0.2) is 54.7 Å². The summed E-state index contributed by atoms with van der Waals surface area (Å²) in [5, 5.41) is 12.1. The molecule has 1 amide bonds. The van der Waals surface area contributed by atoms with Gasteiger partial charge in [-0.3, -0.25) is 9.59 Å². The van der Waals surface area contributed by atoms with Gasteiger partial charge in [-0.25, -0.2) is 0 Å². The van der Waals surface area contributed by atoms with E-state index in [-0.39, 0.29) is 12.3 Å². The minimum atomic E-state index is -0.931. The quantitative estimate of drug-likeness (QED) is 0.821. The molecule has 7 heteroatoms. The van der Waals surface area contributed by atoms with E-state index in [0.29, 0.717) is 36.9 Å². The molecule has 1 atom stereocenters. The first-order chi connectivity index (χ1) is 11.6. The van der Waals surface area contributed by atoms with Gasteiger partial charge in [-0.15, -0.1) is 0 Å². The van der Waals surface area contributed by atoms with E-state index >= 15 is 0 Å². The molecule has 0 unspecified atom stereocenters. The van der Waals surface area contributed by atoms with Crippen LogP contribution in [0, 0.1) is 5.92 Å². The van der Waals surface area contributed by atoms with Crippen LogP contribution in [0.25, 0.3) is 0 Å². The van der Waals surface area contributed by atoms with Gasteiger partial charge >= 0.3 is 5.97 Å². The van der Waals surface area contributed by atoms with Crippen LogP contribution < -0.4 is 14.8 Å². The number of carbonyl (C=O) groups is 2. The number of ether oxygens (including phenoxy) is 2. The van der Waals surface area contributed by atoms with E-state index < -0.39 is 11.9 Å². The van der Waals surface area contributed by atoms with Crippen LogP contribution in [-0.2, 0) is 9.59 Å². The minimum absolute atomic E-state index is 0.0414. The van der Waals surface area contributed by atoms with Crippen LogP contribution in [0.2, 0.25) is 0 Å². The van der Waals surface area contributed by atoms with Crippen molar-refractivity contribution in [1.29, 1.82) is 0 Å². The Morgan fingerprint density at radius 1 is 1.17 bits per heavy atom. The second-order valence-corrected chi connectivity index (χ2v) is 6.15. The summed E-state index contributed by atoms with van der Waals surface area (Å²) in [6.07, 6.45) is 2.14. The van der Waals surface area contributed by atoms with Crippen molar-refractivity contribution in [3.63, 3.8) is 0 Å². The maximum absolute atomic E-state index is 12.2. The maximum Gasteiger partial charge on any atom is 0.308 e. The molecule has 24 heavy (non-hydrogen) atoms. The Morgan fingerprint density at radius 3 is 2.58 bits per heavy atom. The fraction of sp³-hybridized carbons (Fsp3) is 0.529. The van der Waals surface area contributed by atoms with Crippen molar-refractivity contribution < 1.29 is 24.2 Å². The fourth-order valence-electron chi connectivity index (χ4n) is 3.06. The molecule has 1 saturated heterocycles. The van der Waals surface area contributed by atoms with Gasteiger partial charge in [0.2, 0.25) is 5.91 Å². The Bertz CT molecular complexity index is 613. The number of nitrogens with zero attached hydrogens (tertiary/aromatic N) is 1. The van der Waals surface area contributed by atoms with Crippen LogP contribution in [0.5, 0.6) is 11.5 Å². The van der Waals surface area contributed by atoms with Crippen LogP contribution in [0.4, 0.5) is 5.69 Å². The number of nitrogens with one attached hydrogen (secondary N) is 1. The zero-order valence-electron chi connectivity index (χ0n) is 13.5. The summed E-state index contributed by atoms with van der Waals surface area (Å²) in [6.45, 7) is 3.22. The van der Waals surface area contributed by atoms with Gasteiger partial charge in [0.05, 0.1) is 5.92 Å². The summed E-state index contributed by atoms with van der Waals surface area (Å²) < 4.78 is 10.9. The second-order valence-electron chi connectivity index (χ2n) is 6.15. The molecule has 2 heterocycles. The van der Waals surface area contributed by atoms with Crippen LogP contribution in [0.3, 0.4) is 0 Å². The number of anilines is 1. The molecular weight excluding hydrogens is 312 g/mol. The van der Waals surface area contributed by atoms with Crippen molar-refractivity contribution in [2.75, 3.05) is 38.2 Å². The first kappa shape index (κ1) is 16.6. The van der Waals surface area contributed by atoms with Crippen molar-refractivity contribution in [3.05, 3.63) is 18.2 Å². The molecule has 1 fully saturated rings. The molecule has 3 rings (SSSR count). The molecule has 0 aromatic heterocycles. The lowest BCUT2D eigenvalue weighted by atomic mass is 10.0. The van der Waals surface area contributed by atoms with Gasteiger partial charge in [0.1, 0.15) is 13.2 Å². The van der Waals surface area contributed by atoms with Gasteiger partial charge in [0.25, 0.3) is 0 Å². The second kappa shape index (κ2) is 7.53. The topological polar surface area (TPSA) is 88.1 Å². The Hall–Kier alpha value is -2.28. The molecule has 7 nitrogen and oxygen atoms in total. The van der Waals surface area contributed by atoms with Gasteiger partial charge in [-0.1, -0.05) is 0 Å². The number of rotatable bonds is 6. The number of carbonyl (C=O) groups excluding carboxylic acids is 1. The molecule has 1 aromatic rings. The number of benzene rings is 1. The number of carboxylic acids is 1. The lowest BCUT2D eigenvalue weighted by molar-refractivity contribution is -0.144. The van der Waals surface area contributed by atoms with Crippen LogP contribution >= 0.6 is 0 Å². The fourth-order valence-corrected chi connectivity index (χ4v) is 3.06. The SMILES string of the molecule is O=C(C[C@H](CN1CCCC1)C(=O)O)Nc1ccc2c(c1)OCCO2. The smallest absolute Gasteiger partial charge is 0.308 e. The van der Waals surface area contributed by atoms with E-state index in [2.05, 4.69) is 10.2 Å². The summed E-state index contributed by atoms with van der Waals surface area (Å²) in [6, 6.07) is 5.16. The summed E-state index contributed by atoms with van der Waals surface area (Å²) in [5.41, 5.74) is 0.578. The average Bonchev–Trinajstić information content (AvgIpc) is 3.07. The van der Waals surface area contributed by atoms with Gasteiger partial charge in [0, 0.05) is 24.7 Å². The molecule has 2 N–H and O–H groups in total. The van der Waals surface area contributed by atoms with Gasteiger partial charge in [0.15, 0.2) is 11.5 Å². The molecule has 2 aliphatic heterocycles. The first-order valence-electron chi connectivity index (χ1n) is 8.26. The van der Waals surface area contributed by atoms with Gasteiger partial charge in [-0.05, 0) is 38.1 Å². The monoisotopic (exact) mass is 334 g/mol. The molecule has 2 aliphatic rings. The Balaban J connectivity index is 1.57. The summed E-state index contributed by atoms with van der Waals surface area (Å²) in [7, 11) is 0. The summed E-state index contributed by atoms with van der Waals surface area (Å²) in [4.78, 5) is 25.7. The molecule has 130 valence electrons. The highest BCUT2D eigenvalue weighted by Gasteiger charge is 2.25. The van der Waals surface area contributed by atoms with E-state index in [1.165, 1.54) is 0 Å². The predicted molar refractivity (Wildman–Crippen MR) is 87.5 cm³/mol. The largest absolute Gasteiger partial charge is 0.486 e. The molecule has 1 aromatic carbocycles. The highest BCUT2D eigenvalue weighted by molar-refractivity contribution is 5.93. The number of carboxylic acid groups (broad SMARTS) is 1. The van der Waals surface area contributed by atoms with Gasteiger partial charge in [-0.2, -0.15) is 0 Å². The van der Waals surface area contributed by atoms with Crippen molar-refractivity contribution in [1.82, 2.24) is 4.90 Å². The number of likely N-dealkylation sites (tertiary alicyclic amines) is 1. The third-order valence-electron chi connectivity index (χ3n) is 4.28. The van der Waals surface area contributed by atoms with Crippen molar-refractivity contribution in [3.8, 4) is 11.5 Å². The first-order valence-corrected chi connectivity index (χ1v) is 8.26. The van der Waals surface area contributed by atoms with E-state index in [1.54, 1.807) is 18.2 Å². The number of hydrogen-bond acceptors (Lipinski definition) is 5. The van der Waals surface area contributed by atoms with E-state index in [9.17, 15) is 14.7 Å². The number of hydrogen-bond donors (Lipinski definition) is 2. The van der Waals surface area contributed by atoms with Crippen molar-refractivity contribution in [2.24, 2.45) is 5.92 Å². The molecule has 0 bridgehead atoms. The summed E-state index contributed by atoms with van der Waals surface area (Å²) in [5.74, 6) is -0.694. The molecular formula is C17H22N2O5. The van der Waals surface area contributed by atoms with Crippen LogP contribution in [0.1, 0.15) is 19.3 Å². The summed E-state index contributed by atoms with van der Waals surface area (Å²) >= 11 is 0. The minimum Gasteiger partial charge on any atom is -0.486 e. The normalized spacial score (nSPS) is 18.2. The van der Waals surface area contributed by atoms with Crippen molar-refractivity contribution in [2.45, 2.75) is 19.3 Å². The standard InChI is InChI=1S/C17H22N2O5/c20-16(9-12(17(21)22)11-19-5-1-2-6-19)18-13-3-4-14-15(10-13)24-8-7-23-14/h3-4,10,12H,1-2,5-9,11H2,(H,18,20)(H,21,22)/t12-/m1/s1. The lowest BCUT2D eigenvalue weighted by Gasteiger charge is -2.21. The Morgan fingerprint density at radius 2 is 1.88 bits per heavy atom. The third kappa shape index (κ3) is 4.17. The molecule has 0 radical (unpaired) electrons. The number of amides is 1. The molecule has 0 spiro atoms. The Labute approximate surface area is 140 Å². The molecule has 0 saturated carbocycles. The maximum atomic E-state index is 12.2. The highest BCUT2D eigenvalue weighted by atomic mass is 16.6.